The van der Waals surface area contributed by atoms with E-state index in [1.807, 2.05) is 0 Å². The number of ether oxygens (including phenoxy) is 3. The Morgan fingerprint density at radius 2 is 1.88 bits per heavy atom. The molecule has 2 aromatic carbocycles. The van der Waals surface area contributed by atoms with Crippen molar-refractivity contribution >= 4 is 22.6 Å². The first-order chi connectivity index (χ1) is 12.1. The molecule has 1 radical (unpaired) electrons. The second-order valence-corrected chi connectivity index (χ2v) is 5.56. The minimum absolute atomic E-state index is 0.187. The quantitative estimate of drug-likeness (QED) is 0.678. The van der Waals surface area contributed by atoms with Crippen LogP contribution in [0.25, 0.3) is 22.3 Å². The van der Waals surface area contributed by atoms with Crippen molar-refractivity contribution in [3.8, 4) is 28.6 Å². The molecule has 0 aliphatic carbocycles. The Morgan fingerprint density at radius 3 is 2.56 bits per heavy atom. The number of halogens is 1. The van der Waals surface area contributed by atoms with Gasteiger partial charge in [-0.3, -0.25) is 4.79 Å². The number of rotatable bonds is 5. The summed E-state index contributed by atoms with van der Waals surface area (Å²) in [6.07, 6.45) is 0. The third-order valence-corrected chi connectivity index (χ3v) is 3.99. The van der Waals surface area contributed by atoms with Crippen molar-refractivity contribution in [2.45, 2.75) is 0 Å². The Kier molecular flexibility index (Phi) is 4.86. The molecule has 1 aromatic heterocycles. The second kappa shape index (κ2) is 7.07. The van der Waals surface area contributed by atoms with E-state index in [4.69, 9.17) is 30.2 Å². The predicted octanol–water partition coefficient (Wildman–Crippen LogP) is 4.34. The van der Waals surface area contributed by atoms with Crippen molar-refractivity contribution in [2.24, 2.45) is 0 Å². The van der Waals surface area contributed by atoms with E-state index in [9.17, 15) is 4.79 Å². The van der Waals surface area contributed by atoms with Gasteiger partial charge in [0, 0.05) is 11.6 Å². The molecule has 0 spiro atoms. The lowest BCUT2D eigenvalue weighted by Gasteiger charge is -2.15. The highest BCUT2D eigenvalue weighted by atomic mass is 35.5. The van der Waals surface area contributed by atoms with E-state index in [2.05, 4.69) is 6.92 Å². The van der Waals surface area contributed by atoms with Crippen LogP contribution in [0.15, 0.2) is 45.6 Å². The molecule has 1 heterocycles. The zero-order chi connectivity index (χ0) is 18.0. The van der Waals surface area contributed by atoms with Crippen LogP contribution in [-0.4, -0.2) is 20.8 Å². The van der Waals surface area contributed by atoms with Crippen LogP contribution in [0.5, 0.6) is 17.2 Å². The van der Waals surface area contributed by atoms with Gasteiger partial charge in [0.2, 0.25) is 5.75 Å². The lowest BCUT2D eigenvalue weighted by molar-refractivity contribution is 0.306. The maximum absolute atomic E-state index is 12.4. The molecule has 0 N–H and O–H groups in total. The summed E-state index contributed by atoms with van der Waals surface area (Å²) in [5.41, 5.74) is 0.745. The molecule has 0 saturated heterocycles. The summed E-state index contributed by atoms with van der Waals surface area (Å²) in [5, 5.41) is 0.789. The number of hydrogen-bond donors (Lipinski definition) is 0. The van der Waals surface area contributed by atoms with E-state index < -0.39 is 0 Å². The van der Waals surface area contributed by atoms with Crippen LogP contribution in [0.1, 0.15) is 0 Å². The van der Waals surface area contributed by atoms with Gasteiger partial charge in [-0.1, -0.05) is 17.7 Å². The summed E-state index contributed by atoms with van der Waals surface area (Å²) in [6, 6.07) is 9.86. The van der Waals surface area contributed by atoms with Crippen molar-refractivity contribution in [2.75, 3.05) is 20.8 Å². The smallest absolute Gasteiger partial charge is 0.203 e. The third kappa shape index (κ3) is 3.15. The molecule has 0 unspecified atom stereocenters. The maximum atomic E-state index is 12.4. The average molecular weight is 360 g/mol. The van der Waals surface area contributed by atoms with Crippen molar-refractivity contribution < 1.29 is 18.6 Å². The van der Waals surface area contributed by atoms with Crippen molar-refractivity contribution in [1.29, 1.82) is 0 Å². The molecule has 0 bridgehead atoms. The van der Waals surface area contributed by atoms with Crippen molar-refractivity contribution in [3.05, 3.63) is 58.6 Å². The molecular weight excluding hydrogens is 344 g/mol. The average Bonchev–Trinajstić information content (AvgIpc) is 2.62. The number of para-hydroxylation sites is 1. The minimum atomic E-state index is -0.187. The van der Waals surface area contributed by atoms with Gasteiger partial charge in [0.25, 0.3) is 0 Å². The molecule has 0 saturated carbocycles. The van der Waals surface area contributed by atoms with Crippen molar-refractivity contribution in [1.82, 2.24) is 0 Å². The third-order valence-electron chi connectivity index (χ3n) is 3.69. The maximum Gasteiger partial charge on any atom is 0.203 e. The lowest BCUT2D eigenvalue weighted by atomic mass is 10.1. The fourth-order valence-corrected chi connectivity index (χ4v) is 2.79. The molecule has 0 aliphatic heterocycles. The van der Waals surface area contributed by atoms with Crippen LogP contribution in [-0.2, 0) is 0 Å². The van der Waals surface area contributed by atoms with Crippen LogP contribution in [0, 0.1) is 6.92 Å². The molecule has 3 aromatic rings. The van der Waals surface area contributed by atoms with Gasteiger partial charge in [-0.25, -0.2) is 0 Å². The number of benzene rings is 2. The summed E-state index contributed by atoms with van der Waals surface area (Å²) < 4.78 is 22.1. The number of fused-ring (bicyclic) bond motifs is 1. The van der Waals surface area contributed by atoms with Crippen LogP contribution in [0.2, 0.25) is 5.02 Å². The van der Waals surface area contributed by atoms with Gasteiger partial charge < -0.3 is 18.6 Å². The van der Waals surface area contributed by atoms with Gasteiger partial charge >= 0.3 is 0 Å². The minimum Gasteiger partial charge on any atom is -0.493 e. The summed E-state index contributed by atoms with van der Waals surface area (Å²) >= 11 is 6.17. The summed E-state index contributed by atoms with van der Waals surface area (Å²) in [5.74, 6) is 1.68. The Labute approximate surface area is 149 Å². The van der Waals surface area contributed by atoms with Crippen LogP contribution >= 0.6 is 11.6 Å². The second-order valence-electron chi connectivity index (χ2n) is 5.15. The first-order valence-corrected chi connectivity index (χ1v) is 7.87. The summed E-state index contributed by atoms with van der Waals surface area (Å²) in [4.78, 5) is 12.4. The van der Waals surface area contributed by atoms with E-state index in [1.165, 1.54) is 20.3 Å². The predicted molar refractivity (Wildman–Crippen MR) is 96.9 cm³/mol. The summed E-state index contributed by atoms with van der Waals surface area (Å²) in [6.45, 7) is 3.88. The molecule has 0 atom stereocenters. The topological polar surface area (TPSA) is 57.9 Å². The van der Waals surface area contributed by atoms with Gasteiger partial charge in [-0.2, -0.15) is 0 Å². The molecule has 3 rings (SSSR count). The Balaban J connectivity index is 2.25. The Hall–Kier alpha value is -2.66. The zero-order valence-corrected chi connectivity index (χ0v) is 14.6. The Bertz CT molecular complexity index is 977. The van der Waals surface area contributed by atoms with Gasteiger partial charge in [0.1, 0.15) is 5.76 Å². The molecule has 0 aliphatic rings. The first kappa shape index (κ1) is 17.2. The fraction of sp³-hybridized carbons (Fsp3) is 0.158. The standard InChI is InChI=1S/C19H16ClO5/c1-4-24-17-9-11(8-16(22-2)19(17)23-3)15-10-14(21)12-6-5-7-13(20)18(12)25-15/h5-10H,1,4H2,2-3H3. The monoisotopic (exact) mass is 359 g/mol. The molecule has 25 heavy (non-hydrogen) atoms. The highest BCUT2D eigenvalue weighted by Crippen LogP contribution is 2.41. The zero-order valence-electron chi connectivity index (χ0n) is 13.8. The van der Waals surface area contributed by atoms with Gasteiger partial charge in [0.05, 0.1) is 31.2 Å². The number of hydrogen-bond acceptors (Lipinski definition) is 5. The van der Waals surface area contributed by atoms with Gasteiger partial charge in [-0.15, -0.1) is 0 Å². The van der Waals surface area contributed by atoms with Crippen molar-refractivity contribution in [3.63, 3.8) is 0 Å². The van der Waals surface area contributed by atoms with Gasteiger partial charge in [-0.05, 0) is 31.2 Å². The normalized spacial score (nSPS) is 10.7. The molecule has 129 valence electrons. The highest BCUT2D eigenvalue weighted by Gasteiger charge is 2.17. The van der Waals surface area contributed by atoms with E-state index >= 15 is 0 Å². The van der Waals surface area contributed by atoms with Crippen LogP contribution in [0.4, 0.5) is 0 Å². The van der Waals surface area contributed by atoms with Crippen LogP contribution in [0.3, 0.4) is 0 Å². The molecule has 0 amide bonds. The van der Waals surface area contributed by atoms with Gasteiger partial charge in [0.15, 0.2) is 22.5 Å². The summed E-state index contributed by atoms with van der Waals surface area (Å²) in [7, 11) is 3.03. The Morgan fingerprint density at radius 1 is 1.12 bits per heavy atom. The molecule has 0 fully saturated rings. The molecular formula is C19H16ClO5. The van der Waals surface area contributed by atoms with E-state index in [0.29, 0.717) is 44.6 Å². The first-order valence-electron chi connectivity index (χ1n) is 7.49. The molecule has 5 nitrogen and oxygen atoms in total. The van der Waals surface area contributed by atoms with E-state index in [1.54, 1.807) is 30.3 Å². The fourth-order valence-electron chi connectivity index (χ4n) is 2.57. The SMILES string of the molecule is [CH2]COc1cc(-c2cc(=O)c3cccc(Cl)c3o2)cc(OC)c1OC. The molecule has 6 heteroatoms. The largest absolute Gasteiger partial charge is 0.493 e. The highest BCUT2D eigenvalue weighted by molar-refractivity contribution is 6.34. The number of methoxy groups -OCH3 is 2. The van der Waals surface area contributed by atoms with E-state index in [-0.39, 0.29) is 12.0 Å². The lowest BCUT2D eigenvalue weighted by Crippen LogP contribution is -2.02. The van der Waals surface area contributed by atoms with E-state index in [0.717, 1.165) is 0 Å². The van der Waals surface area contributed by atoms with Crippen LogP contribution < -0.4 is 19.6 Å².